The standard InChI is InChI=1S/C16H20N4/c1-12(8-9-20(2)3)19-16-13(10-17)11-18-15-7-5-4-6-14(15)16/h4-7,11-12H,8-9H2,1-3H3,(H,18,19). The molecule has 0 aliphatic carbocycles. The number of aromatic nitrogens is 1. The molecule has 0 fully saturated rings. The molecule has 0 saturated carbocycles. The molecule has 4 nitrogen and oxygen atoms in total. The highest BCUT2D eigenvalue weighted by atomic mass is 15.1. The first-order valence-electron chi connectivity index (χ1n) is 6.81. The Morgan fingerprint density at radius 1 is 1.35 bits per heavy atom. The topological polar surface area (TPSA) is 52.0 Å². The van der Waals surface area contributed by atoms with Crippen LogP contribution >= 0.6 is 0 Å². The average Bonchev–Trinajstić information content (AvgIpc) is 2.45. The average molecular weight is 268 g/mol. The second kappa shape index (κ2) is 6.36. The molecule has 0 bridgehead atoms. The third-order valence-electron chi connectivity index (χ3n) is 3.30. The zero-order valence-corrected chi connectivity index (χ0v) is 12.2. The molecule has 1 heterocycles. The van der Waals surface area contributed by atoms with Crippen LogP contribution in [0.1, 0.15) is 18.9 Å². The van der Waals surface area contributed by atoms with Gasteiger partial charge in [-0.25, -0.2) is 0 Å². The fraction of sp³-hybridized carbons (Fsp3) is 0.375. The Morgan fingerprint density at radius 2 is 2.10 bits per heavy atom. The van der Waals surface area contributed by atoms with Crippen LogP contribution in [0.15, 0.2) is 30.5 Å². The molecule has 1 N–H and O–H groups in total. The Labute approximate surface area is 120 Å². The van der Waals surface area contributed by atoms with Crippen molar-refractivity contribution in [1.29, 1.82) is 5.26 Å². The molecular formula is C16H20N4. The molecule has 2 rings (SSSR count). The van der Waals surface area contributed by atoms with Gasteiger partial charge in [0.05, 0.1) is 16.8 Å². The number of hydrogen-bond donors (Lipinski definition) is 1. The van der Waals surface area contributed by atoms with Gasteiger partial charge in [-0.05, 0) is 40.1 Å². The molecule has 0 spiro atoms. The predicted molar refractivity (Wildman–Crippen MR) is 82.7 cm³/mol. The van der Waals surface area contributed by atoms with Crippen molar-refractivity contribution in [2.45, 2.75) is 19.4 Å². The molecule has 1 aromatic carbocycles. The summed E-state index contributed by atoms with van der Waals surface area (Å²) < 4.78 is 0. The largest absolute Gasteiger partial charge is 0.381 e. The highest BCUT2D eigenvalue weighted by Gasteiger charge is 2.11. The van der Waals surface area contributed by atoms with Crippen molar-refractivity contribution in [2.24, 2.45) is 0 Å². The summed E-state index contributed by atoms with van der Waals surface area (Å²) in [5.41, 5.74) is 2.40. The zero-order chi connectivity index (χ0) is 14.5. The molecule has 1 atom stereocenters. The fourth-order valence-electron chi connectivity index (χ4n) is 2.15. The fourth-order valence-corrected chi connectivity index (χ4v) is 2.15. The monoisotopic (exact) mass is 268 g/mol. The van der Waals surface area contributed by atoms with E-state index in [0.29, 0.717) is 11.6 Å². The Morgan fingerprint density at radius 3 is 2.80 bits per heavy atom. The van der Waals surface area contributed by atoms with Gasteiger partial charge in [0, 0.05) is 17.6 Å². The van der Waals surface area contributed by atoms with E-state index in [0.717, 1.165) is 29.6 Å². The predicted octanol–water partition coefficient (Wildman–Crippen LogP) is 2.86. The lowest BCUT2D eigenvalue weighted by Gasteiger charge is -2.19. The van der Waals surface area contributed by atoms with E-state index in [1.165, 1.54) is 0 Å². The van der Waals surface area contributed by atoms with Gasteiger partial charge >= 0.3 is 0 Å². The number of pyridine rings is 1. The second-order valence-corrected chi connectivity index (χ2v) is 5.31. The van der Waals surface area contributed by atoms with Crippen LogP contribution in [-0.2, 0) is 0 Å². The molecule has 20 heavy (non-hydrogen) atoms. The number of nitrogens with one attached hydrogen (secondary N) is 1. The lowest BCUT2D eigenvalue weighted by Crippen LogP contribution is -2.23. The summed E-state index contributed by atoms with van der Waals surface area (Å²) in [6.07, 6.45) is 2.66. The highest BCUT2D eigenvalue weighted by molar-refractivity contribution is 5.93. The first kappa shape index (κ1) is 14.3. The quantitative estimate of drug-likeness (QED) is 0.906. The van der Waals surface area contributed by atoms with Crippen LogP contribution in [0.25, 0.3) is 10.9 Å². The molecule has 0 saturated heterocycles. The maximum Gasteiger partial charge on any atom is 0.103 e. The molecule has 1 unspecified atom stereocenters. The lowest BCUT2D eigenvalue weighted by molar-refractivity contribution is 0.390. The maximum absolute atomic E-state index is 9.27. The summed E-state index contributed by atoms with van der Waals surface area (Å²) in [4.78, 5) is 6.48. The first-order chi connectivity index (χ1) is 9.61. The molecule has 0 aliphatic rings. The first-order valence-corrected chi connectivity index (χ1v) is 6.81. The van der Waals surface area contributed by atoms with E-state index in [1.807, 2.05) is 24.3 Å². The van der Waals surface area contributed by atoms with Crippen molar-refractivity contribution in [3.8, 4) is 6.07 Å². The van der Waals surface area contributed by atoms with E-state index in [-0.39, 0.29) is 0 Å². The number of anilines is 1. The molecule has 0 aliphatic heterocycles. The van der Waals surface area contributed by atoms with Gasteiger partial charge in [0.1, 0.15) is 6.07 Å². The molecule has 2 aromatic rings. The minimum atomic E-state index is 0.301. The van der Waals surface area contributed by atoms with Gasteiger partial charge in [0.25, 0.3) is 0 Å². The van der Waals surface area contributed by atoms with E-state index in [9.17, 15) is 5.26 Å². The second-order valence-electron chi connectivity index (χ2n) is 5.31. The highest BCUT2D eigenvalue weighted by Crippen LogP contribution is 2.26. The number of nitriles is 1. The van der Waals surface area contributed by atoms with Crippen LogP contribution < -0.4 is 5.32 Å². The Balaban J connectivity index is 2.30. The van der Waals surface area contributed by atoms with E-state index in [4.69, 9.17) is 0 Å². The van der Waals surface area contributed by atoms with Crippen LogP contribution in [-0.4, -0.2) is 36.6 Å². The maximum atomic E-state index is 9.27. The summed E-state index contributed by atoms with van der Waals surface area (Å²) in [5.74, 6) is 0. The third-order valence-corrected chi connectivity index (χ3v) is 3.30. The van der Waals surface area contributed by atoms with Crippen LogP contribution in [0, 0.1) is 11.3 Å². The van der Waals surface area contributed by atoms with Crippen molar-refractivity contribution in [2.75, 3.05) is 26.0 Å². The van der Waals surface area contributed by atoms with E-state index in [1.54, 1.807) is 6.20 Å². The van der Waals surface area contributed by atoms with Crippen LogP contribution in [0.2, 0.25) is 0 Å². The summed E-state index contributed by atoms with van der Waals surface area (Å²) >= 11 is 0. The van der Waals surface area contributed by atoms with Crippen molar-refractivity contribution < 1.29 is 0 Å². The summed E-state index contributed by atoms with van der Waals surface area (Å²) in [6.45, 7) is 3.15. The Bertz CT molecular complexity index is 628. The van der Waals surface area contributed by atoms with Crippen molar-refractivity contribution in [3.05, 3.63) is 36.0 Å². The summed E-state index contributed by atoms with van der Waals surface area (Å²) in [7, 11) is 4.13. The van der Waals surface area contributed by atoms with E-state index in [2.05, 4.69) is 42.3 Å². The Kier molecular flexibility index (Phi) is 4.54. The number of nitrogens with zero attached hydrogens (tertiary/aromatic N) is 3. The van der Waals surface area contributed by atoms with Gasteiger partial charge in [-0.2, -0.15) is 5.26 Å². The van der Waals surface area contributed by atoms with Gasteiger partial charge in [0.2, 0.25) is 0 Å². The number of rotatable bonds is 5. The lowest BCUT2D eigenvalue weighted by atomic mass is 10.1. The van der Waals surface area contributed by atoms with Gasteiger partial charge in [-0.1, -0.05) is 18.2 Å². The van der Waals surface area contributed by atoms with Crippen molar-refractivity contribution in [3.63, 3.8) is 0 Å². The smallest absolute Gasteiger partial charge is 0.103 e. The van der Waals surface area contributed by atoms with Crippen LogP contribution in [0.4, 0.5) is 5.69 Å². The SMILES string of the molecule is CC(CCN(C)C)Nc1c(C#N)cnc2ccccc12. The van der Waals surface area contributed by atoms with Gasteiger partial charge in [0.15, 0.2) is 0 Å². The van der Waals surface area contributed by atoms with E-state index < -0.39 is 0 Å². The van der Waals surface area contributed by atoms with Gasteiger partial charge < -0.3 is 10.2 Å². The third kappa shape index (κ3) is 3.25. The van der Waals surface area contributed by atoms with E-state index >= 15 is 0 Å². The van der Waals surface area contributed by atoms with Crippen molar-refractivity contribution in [1.82, 2.24) is 9.88 Å². The molecular weight excluding hydrogens is 248 g/mol. The number of benzene rings is 1. The zero-order valence-electron chi connectivity index (χ0n) is 12.2. The van der Waals surface area contributed by atoms with Crippen LogP contribution in [0.3, 0.4) is 0 Å². The normalized spacial score (nSPS) is 12.3. The molecule has 104 valence electrons. The number of hydrogen-bond acceptors (Lipinski definition) is 4. The minimum Gasteiger partial charge on any atom is -0.381 e. The van der Waals surface area contributed by atoms with Gasteiger partial charge in [-0.15, -0.1) is 0 Å². The molecule has 0 radical (unpaired) electrons. The Hall–Kier alpha value is -2.12. The number of para-hydroxylation sites is 1. The number of fused-ring (bicyclic) bond motifs is 1. The van der Waals surface area contributed by atoms with Crippen LogP contribution in [0.5, 0.6) is 0 Å². The molecule has 1 aromatic heterocycles. The van der Waals surface area contributed by atoms with Crippen molar-refractivity contribution >= 4 is 16.6 Å². The molecule has 0 amide bonds. The minimum absolute atomic E-state index is 0.301. The molecule has 4 heteroatoms. The summed E-state index contributed by atoms with van der Waals surface area (Å²) in [5, 5.41) is 13.7. The van der Waals surface area contributed by atoms with Gasteiger partial charge in [-0.3, -0.25) is 4.98 Å². The summed E-state index contributed by atoms with van der Waals surface area (Å²) in [6, 6.07) is 10.4.